The van der Waals surface area contributed by atoms with Gasteiger partial charge in [-0.15, -0.1) is 0 Å². The van der Waals surface area contributed by atoms with Crippen LogP contribution in [-0.4, -0.2) is 21.7 Å². The predicted molar refractivity (Wildman–Crippen MR) is 63.6 cm³/mol. The molecular weight excluding hydrogens is 263 g/mol. The molecule has 0 aromatic carbocycles. The van der Waals surface area contributed by atoms with Crippen LogP contribution < -0.4 is 0 Å². The SMILES string of the molecule is CC1CC(=O)N(Cc2nc(Cl)ccc2Cl)C1=O. The molecule has 1 aromatic rings. The third-order valence-corrected chi connectivity index (χ3v) is 3.22. The van der Waals surface area contributed by atoms with Gasteiger partial charge in [-0.1, -0.05) is 30.1 Å². The molecule has 1 unspecified atom stereocenters. The quantitative estimate of drug-likeness (QED) is 0.613. The van der Waals surface area contributed by atoms with Crippen LogP contribution in [0.15, 0.2) is 12.1 Å². The van der Waals surface area contributed by atoms with E-state index in [4.69, 9.17) is 23.2 Å². The van der Waals surface area contributed by atoms with E-state index in [2.05, 4.69) is 4.98 Å². The first-order valence-corrected chi connectivity index (χ1v) is 5.89. The van der Waals surface area contributed by atoms with Crippen LogP contribution in [-0.2, 0) is 16.1 Å². The first-order chi connectivity index (χ1) is 7.99. The summed E-state index contributed by atoms with van der Waals surface area (Å²) in [5.41, 5.74) is 0.440. The van der Waals surface area contributed by atoms with Gasteiger partial charge in [0.05, 0.1) is 17.3 Å². The van der Waals surface area contributed by atoms with Crippen molar-refractivity contribution in [2.45, 2.75) is 19.9 Å². The second-order valence-corrected chi connectivity index (χ2v) is 4.78. The second-order valence-electron chi connectivity index (χ2n) is 3.99. The molecule has 1 aromatic heterocycles. The van der Waals surface area contributed by atoms with Gasteiger partial charge in [0.25, 0.3) is 0 Å². The topological polar surface area (TPSA) is 50.3 Å². The zero-order valence-electron chi connectivity index (χ0n) is 9.11. The Hall–Kier alpha value is -1.13. The van der Waals surface area contributed by atoms with E-state index >= 15 is 0 Å². The maximum Gasteiger partial charge on any atom is 0.232 e. The van der Waals surface area contributed by atoms with Crippen LogP contribution in [0.1, 0.15) is 19.0 Å². The van der Waals surface area contributed by atoms with Crippen LogP contribution in [0.5, 0.6) is 0 Å². The standard InChI is InChI=1S/C11H10Cl2N2O2/c1-6-4-10(16)15(11(6)17)5-8-7(12)2-3-9(13)14-8/h2-3,6H,4-5H2,1H3. The van der Waals surface area contributed by atoms with Gasteiger partial charge in [-0.25, -0.2) is 4.98 Å². The van der Waals surface area contributed by atoms with Gasteiger partial charge < -0.3 is 0 Å². The summed E-state index contributed by atoms with van der Waals surface area (Å²) in [6.07, 6.45) is 0.247. The van der Waals surface area contributed by atoms with Crippen molar-refractivity contribution in [3.8, 4) is 0 Å². The van der Waals surface area contributed by atoms with E-state index in [-0.39, 0.29) is 35.9 Å². The monoisotopic (exact) mass is 272 g/mol. The lowest BCUT2D eigenvalue weighted by Gasteiger charge is -2.14. The van der Waals surface area contributed by atoms with Crippen molar-refractivity contribution < 1.29 is 9.59 Å². The van der Waals surface area contributed by atoms with Gasteiger partial charge in [0.2, 0.25) is 11.8 Å². The molecule has 0 radical (unpaired) electrons. The number of aromatic nitrogens is 1. The molecule has 0 N–H and O–H groups in total. The Morgan fingerprint density at radius 1 is 1.41 bits per heavy atom. The van der Waals surface area contributed by atoms with Gasteiger partial charge in [-0.3, -0.25) is 14.5 Å². The van der Waals surface area contributed by atoms with E-state index in [9.17, 15) is 9.59 Å². The van der Waals surface area contributed by atoms with Gasteiger partial charge in [0.1, 0.15) is 5.15 Å². The molecule has 6 heteroatoms. The summed E-state index contributed by atoms with van der Waals surface area (Å²) >= 11 is 11.7. The summed E-state index contributed by atoms with van der Waals surface area (Å²) in [6.45, 7) is 1.81. The molecule has 1 atom stereocenters. The molecule has 0 saturated carbocycles. The predicted octanol–water partition coefficient (Wildman–Crippen LogP) is 2.28. The first kappa shape index (κ1) is 12.3. The van der Waals surface area contributed by atoms with E-state index < -0.39 is 0 Å². The largest absolute Gasteiger partial charge is 0.276 e. The number of carbonyl (C=O) groups excluding carboxylic acids is 2. The number of pyridine rings is 1. The summed E-state index contributed by atoms with van der Waals surface area (Å²) < 4.78 is 0. The molecule has 4 nitrogen and oxygen atoms in total. The highest BCUT2D eigenvalue weighted by molar-refractivity contribution is 6.32. The molecule has 2 heterocycles. The number of rotatable bonds is 2. The second kappa shape index (κ2) is 4.63. The van der Waals surface area contributed by atoms with Gasteiger partial charge >= 0.3 is 0 Å². The van der Waals surface area contributed by atoms with Crippen molar-refractivity contribution in [2.24, 2.45) is 5.92 Å². The van der Waals surface area contributed by atoms with E-state index in [1.165, 1.54) is 4.90 Å². The molecular formula is C11H10Cl2N2O2. The zero-order chi connectivity index (χ0) is 12.6. The normalized spacial score (nSPS) is 20.2. The van der Waals surface area contributed by atoms with Crippen LogP contribution in [0.2, 0.25) is 10.2 Å². The minimum absolute atomic E-state index is 0.0847. The number of likely N-dealkylation sites (tertiary alicyclic amines) is 1. The highest BCUT2D eigenvalue weighted by Crippen LogP contribution is 2.24. The Morgan fingerprint density at radius 2 is 2.12 bits per heavy atom. The summed E-state index contributed by atoms with van der Waals surface area (Å²) in [6, 6.07) is 3.16. The van der Waals surface area contributed by atoms with Crippen LogP contribution in [0.25, 0.3) is 0 Å². The van der Waals surface area contributed by atoms with Crippen molar-refractivity contribution in [1.29, 1.82) is 0 Å². The molecule has 1 aliphatic heterocycles. The smallest absolute Gasteiger partial charge is 0.232 e. The molecule has 0 spiro atoms. The highest BCUT2D eigenvalue weighted by Gasteiger charge is 2.35. The molecule has 2 amide bonds. The van der Waals surface area contributed by atoms with Crippen molar-refractivity contribution >= 4 is 35.0 Å². The molecule has 1 saturated heterocycles. The van der Waals surface area contributed by atoms with E-state index in [0.29, 0.717) is 10.7 Å². The van der Waals surface area contributed by atoms with Gasteiger partial charge in [0.15, 0.2) is 0 Å². The lowest BCUT2D eigenvalue weighted by Crippen LogP contribution is -2.30. The Bertz CT molecular complexity index is 490. The number of amides is 2. The van der Waals surface area contributed by atoms with Crippen molar-refractivity contribution in [2.75, 3.05) is 0 Å². The Kier molecular flexibility index (Phi) is 3.35. The fourth-order valence-corrected chi connectivity index (χ4v) is 2.06. The summed E-state index contributed by atoms with van der Waals surface area (Å²) in [5.74, 6) is -0.645. The van der Waals surface area contributed by atoms with Crippen LogP contribution in [0.3, 0.4) is 0 Å². The third kappa shape index (κ3) is 2.42. The lowest BCUT2D eigenvalue weighted by molar-refractivity contribution is -0.139. The molecule has 1 fully saturated rings. The number of halogens is 2. The van der Waals surface area contributed by atoms with Gasteiger partial charge in [0, 0.05) is 12.3 Å². The van der Waals surface area contributed by atoms with Gasteiger partial charge in [-0.05, 0) is 12.1 Å². The highest BCUT2D eigenvalue weighted by atomic mass is 35.5. The van der Waals surface area contributed by atoms with Crippen LogP contribution >= 0.6 is 23.2 Å². The molecule has 17 heavy (non-hydrogen) atoms. The number of hydrogen-bond donors (Lipinski definition) is 0. The number of imide groups is 1. The molecule has 0 bridgehead atoms. The summed E-state index contributed by atoms with van der Waals surface area (Å²) in [5, 5.41) is 0.686. The van der Waals surface area contributed by atoms with E-state index in [1.807, 2.05) is 0 Å². The van der Waals surface area contributed by atoms with Gasteiger partial charge in [-0.2, -0.15) is 0 Å². The summed E-state index contributed by atoms with van der Waals surface area (Å²) in [7, 11) is 0. The van der Waals surface area contributed by atoms with Crippen molar-refractivity contribution in [1.82, 2.24) is 9.88 Å². The molecule has 0 aliphatic carbocycles. The van der Waals surface area contributed by atoms with E-state index in [1.54, 1.807) is 19.1 Å². The van der Waals surface area contributed by atoms with E-state index in [0.717, 1.165) is 0 Å². The molecule has 1 aliphatic rings. The number of carbonyl (C=O) groups is 2. The maximum atomic E-state index is 11.7. The minimum atomic E-state index is -0.263. The van der Waals surface area contributed by atoms with Crippen molar-refractivity contribution in [3.63, 3.8) is 0 Å². The Labute approximate surface area is 109 Å². The number of nitrogens with zero attached hydrogens (tertiary/aromatic N) is 2. The third-order valence-electron chi connectivity index (χ3n) is 2.66. The van der Waals surface area contributed by atoms with Crippen LogP contribution in [0, 0.1) is 5.92 Å². The first-order valence-electron chi connectivity index (χ1n) is 5.14. The van der Waals surface area contributed by atoms with Crippen molar-refractivity contribution in [3.05, 3.63) is 28.0 Å². The average Bonchev–Trinajstić information content (AvgIpc) is 2.50. The Morgan fingerprint density at radius 3 is 2.71 bits per heavy atom. The lowest BCUT2D eigenvalue weighted by atomic mass is 10.1. The average molecular weight is 273 g/mol. The molecule has 90 valence electrons. The maximum absolute atomic E-state index is 11.7. The Balaban J connectivity index is 2.24. The number of hydrogen-bond acceptors (Lipinski definition) is 3. The zero-order valence-corrected chi connectivity index (χ0v) is 10.6. The fourth-order valence-electron chi connectivity index (χ4n) is 1.73. The summed E-state index contributed by atoms with van der Waals surface area (Å²) in [4.78, 5) is 28.5. The van der Waals surface area contributed by atoms with Crippen LogP contribution in [0.4, 0.5) is 0 Å². The molecule has 2 rings (SSSR count). The minimum Gasteiger partial charge on any atom is -0.276 e. The fraction of sp³-hybridized carbons (Fsp3) is 0.364.